The molecule has 1 aliphatic carbocycles. The Morgan fingerprint density at radius 3 is 2.89 bits per heavy atom. The number of alkyl halides is 1. The van der Waals surface area contributed by atoms with Crippen molar-refractivity contribution in [2.45, 2.75) is 38.9 Å². The minimum absolute atomic E-state index is 0.131. The van der Waals surface area contributed by atoms with Crippen LogP contribution in [-0.2, 0) is 11.3 Å². The van der Waals surface area contributed by atoms with E-state index in [0.29, 0.717) is 24.4 Å². The van der Waals surface area contributed by atoms with Crippen LogP contribution < -0.4 is 0 Å². The Balaban J connectivity index is 2.16. The lowest BCUT2D eigenvalue weighted by Gasteiger charge is -2.10. The number of esters is 1. The molecule has 18 heavy (non-hydrogen) atoms. The van der Waals surface area contributed by atoms with Crippen molar-refractivity contribution in [3.8, 4) is 0 Å². The van der Waals surface area contributed by atoms with Crippen molar-refractivity contribution in [2.24, 2.45) is 5.92 Å². The molecule has 0 N–H and O–H groups in total. The minimum atomic E-state index is -0.707. The SMILES string of the molecule is COC(=O)c1nn(CC2CCC(F)C2)c(C)c1Cl. The normalized spacial score (nSPS) is 23.3. The van der Waals surface area contributed by atoms with Crippen molar-refractivity contribution in [1.82, 2.24) is 9.78 Å². The highest BCUT2D eigenvalue weighted by Crippen LogP contribution is 2.30. The zero-order chi connectivity index (χ0) is 13.3. The van der Waals surface area contributed by atoms with Crippen molar-refractivity contribution in [2.75, 3.05) is 7.11 Å². The Kier molecular flexibility index (Phi) is 3.90. The molecule has 0 bridgehead atoms. The molecule has 2 rings (SSSR count). The van der Waals surface area contributed by atoms with Gasteiger partial charge in [-0.3, -0.25) is 4.68 Å². The number of rotatable bonds is 3. The topological polar surface area (TPSA) is 44.1 Å². The van der Waals surface area contributed by atoms with Crippen LogP contribution in [0.4, 0.5) is 4.39 Å². The Hall–Kier alpha value is -1.10. The number of halogens is 2. The van der Waals surface area contributed by atoms with Gasteiger partial charge in [0.25, 0.3) is 0 Å². The van der Waals surface area contributed by atoms with Gasteiger partial charge in [-0.05, 0) is 32.1 Å². The van der Waals surface area contributed by atoms with Crippen LogP contribution in [0, 0.1) is 12.8 Å². The fourth-order valence-corrected chi connectivity index (χ4v) is 2.57. The van der Waals surface area contributed by atoms with E-state index in [9.17, 15) is 9.18 Å². The van der Waals surface area contributed by atoms with E-state index in [0.717, 1.165) is 12.1 Å². The van der Waals surface area contributed by atoms with Gasteiger partial charge in [0.05, 0.1) is 17.8 Å². The predicted molar refractivity (Wildman–Crippen MR) is 65.6 cm³/mol. The summed E-state index contributed by atoms with van der Waals surface area (Å²) in [6.07, 6.45) is 1.32. The molecule has 6 heteroatoms. The van der Waals surface area contributed by atoms with E-state index < -0.39 is 12.1 Å². The summed E-state index contributed by atoms with van der Waals surface area (Å²) < 4.78 is 19.4. The Morgan fingerprint density at radius 1 is 1.61 bits per heavy atom. The molecule has 1 fully saturated rings. The van der Waals surface area contributed by atoms with Crippen molar-refractivity contribution in [3.63, 3.8) is 0 Å². The summed E-state index contributed by atoms with van der Waals surface area (Å²) in [4.78, 5) is 11.4. The number of carbonyl (C=O) groups is 1. The third-order valence-corrected chi connectivity index (χ3v) is 3.87. The molecule has 0 aliphatic heterocycles. The summed E-state index contributed by atoms with van der Waals surface area (Å²) in [5.74, 6) is -0.281. The zero-order valence-electron chi connectivity index (χ0n) is 10.4. The number of carbonyl (C=O) groups excluding carboxylic acids is 1. The summed E-state index contributed by atoms with van der Waals surface area (Å²) in [6.45, 7) is 2.40. The summed E-state index contributed by atoms with van der Waals surface area (Å²) in [7, 11) is 1.29. The molecule has 1 saturated carbocycles. The van der Waals surface area contributed by atoms with Crippen LogP contribution in [0.15, 0.2) is 0 Å². The van der Waals surface area contributed by atoms with E-state index >= 15 is 0 Å². The first kappa shape index (κ1) is 13.3. The van der Waals surface area contributed by atoms with Crippen molar-refractivity contribution < 1.29 is 13.9 Å². The van der Waals surface area contributed by atoms with Crippen LogP contribution >= 0.6 is 11.6 Å². The molecule has 1 aliphatic rings. The second-order valence-electron chi connectivity index (χ2n) is 4.70. The number of hydrogen-bond donors (Lipinski definition) is 0. The van der Waals surface area contributed by atoms with E-state index in [4.69, 9.17) is 11.6 Å². The monoisotopic (exact) mass is 274 g/mol. The van der Waals surface area contributed by atoms with Gasteiger partial charge in [0.15, 0.2) is 5.69 Å². The predicted octanol–water partition coefficient (Wildman–Crippen LogP) is 2.77. The molecule has 0 spiro atoms. The third-order valence-electron chi connectivity index (χ3n) is 3.42. The minimum Gasteiger partial charge on any atom is -0.464 e. The highest BCUT2D eigenvalue weighted by atomic mass is 35.5. The number of ether oxygens (including phenoxy) is 1. The highest BCUT2D eigenvalue weighted by molar-refractivity contribution is 6.33. The quantitative estimate of drug-likeness (QED) is 0.796. The van der Waals surface area contributed by atoms with Crippen LogP contribution in [-0.4, -0.2) is 29.0 Å². The van der Waals surface area contributed by atoms with E-state index in [1.54, 1.807) is 11.6 Å². The lowest BCUT2D eigenvalue weighted by Crippen LogP contribution is -2.12. The van der Waals surface area contributed by atoms with Crippen LogP contribution in [0.2, 0.25) is 5.02 Å². The maximum absolute atomic E-state index is 13.1. The second kappa shape index (κ2) is 5.26. The fraction of sp³-hybridized carbons (Fsp3) is 0.667. The first-order chi connectivity index (χ1) is 8.52. The number of nitrogens with zero attached hydrogens (tertiary/aromatic N) is 2. The molecule has 4 nitrogen and oxygen atoms in total. The van der Waals surface area contributed by atoms with Crippen molar-refractivity contribution in [1.29, 1.82) is 0 Å². The molecule has 1 aromatic rings. The smallest absolute Gasteiger partial charge is 0.360 e. The lowest BCUT2D eigenvalue weighted by molar-refractivity contribution is 0.0593. The van der Waals surface area contributed by atoms with Gasteiger partial charge in [0.1, 0.15) is 6.17 Å². The molecule has 0 amide bonds. The van der Waals surface area contributed by atoms with Crippen LogP contribution in [0.3, 0.4) is 0 Å². The van der Waals surface area contributed by atoms with E-state index in [-0.39, 0.29) is 11.6 Å². The molecular formula is C12H16ClFN2O2. The molecule has 2 atom stereocenters. The van der Waals surface area contributed by atoms with E-state index in [2.05, 4.69) is 9.84 Å². The number of aromatic nitrogens is 2. The first-order valence-electron chi connectivity index (χ1n) is 5.98. The lowest BCUT2D eigenvalue weighted by atomic mass is 10.1. The van der Waals surface area contributed by atoms with Gasteiger partial charge in [-0.25, -0.2) is 9.18 Å². The van der Waals surface area contributed by atoms with Crippen LogP contribution in [0.5, 0.6) is 0 Å². The van der Waals surface area contributed by atoms with Crippen molar-refractivity contribution in [3.05, 3.63) is 16.4 Å². The average molecular weight is 275 g/mol. The van der Waals surface area contributed by atoms with Crippen molar-refractivity contribution >= 4 is 17.6 Å². The van der Waals surface area contributed by atoms with E-state index in [1.165, 1.54) is 7.11 Å². The molecular weight excluding hydrogens is 259 g/mol. The second-order valence-corrected chi connectivity index (χ2v) is 5.08. The standard InChI is InChI=1S/C12H16ClFN2O2/c1-7-10(13)11(12(17)18-2)15-16(7)6-8-3-4-9(14)5-8/h8-9H,3-6H2,1-2H3. The van der Waals surface area contributed by atoms with Crippen LogP contribution in [0.25, 0.3) is 0 Å². The summed E-state index contributed by atoms with van der Waals surface area (Å²) in [6, 6.07) is 0. The molecule has 1 aromatic heterocycles. The molecule has 2 unspecified atom stereocenters. The molecule has 1 heterocycles. The molecule has 100 valence electrons. The van der Waals surface area contributed by atoms with Gasteiger partial charge < -0.3 is 4.74 Å². The van der Waals surface area contributed by atoms with Gasteiger partial charge >= 0.3 is 5.97 Å². The Bertz CT molecular complexity index is 461. The first-order valence-corrected chi connectivity index (χ1v) is 6.36. The molecule has 0 radical (unpaired) electrons. The maximum Gasteiger partial charge on any atom is 0.360 e. The summed E-state index contributed by atoms with van der Waals surface area (Å²) in [5.41, 5.74) is 0.853. The Labute approximate surface area is 110 Å². The van der Waals surface area contributed by atoms with E-state index in [1.807, 2.05) is 0 Å². The van der Waals surface area contributed by atoms with Gasteiger partial charge in [-0.2, -0.15) is 5.10 Å². The summed E-state index contributed by atoms with van der Waals surface area (Å²) >= 11 is 6.04. The summed E-state index contributed by atoms with van der Waals surface area (Å²) in [5, 5.41) is 4.47. The van der Waals surface area contributed by atoms with Gasteiger partial charge in [-0.15, -0.1) is 0 Å². The zero-order valence-corrected chi connectivity index (χ0v) is 11.2. The highest BCUT2D eigenvalue weighted by Gasteiger charge is 2.27. The fourth-order valence-electron chi connectivity index (χ4n) is 2.35. The Morgan fingerprint density at radius 2 is 2.33 bits per heavy atom. The average Bonchev–Trinajstić information content (AvgIpc) is 2.87. The van der Waals surface area contributed by atoms with Gasteiger partial charge in [-0.1, -0.05) is 11.6 Å². The van der Waals surface area contributed by atoms with Gasteiger partial charge in [0.2, 0.25) is 0 Å². The van der Waals surface area contributed by atoms with Gasteiger partial charge in [0, 0.05) is 6.54 Å². The molecule has 0 aromatic carbocycles. The molecule has 0 saturated heterocycles. The number of hydrogen-bond acceptors (Lipinski definition) is 3. The number of methoxy groups -OCH3 is 1. The third kappa shape index (κ3) is 2.51. The van der Waals surface area contributed by atoms with Crippen LogP contribution in [0.1, 0.15) is 35.4 Å². The largest absolute Gasteiger partial charge is 0.464 e. The maximum atomic E-state index is 13.1.